The largest absolute Gasteiger partial charge is 0.506 e. The van der Waals surface area contributed by atoms with Gasteiger partial charge in [0.05, 0.1) is 17.2 Å². The van der Waals surface area contributed by atoms with Crippen molar-refractivity contribution >= 4 is 29.3 Å². The Hall–Kier alpha value is -1.69. The molecule has 1 rings (SSSR count). The number of hydrogen-bond donors (Lipinski definition) is 3. The van der Waals surface area contributed by atoms with E-state index in [1.54, 1.807) is 12.1 Å². The molecule has 0 radical (unpaired) electrons. The van der Waals surface area contributed by atoms with E-state index < -0.39 is 5.97 Å². The lowest BCUT2D eigenvalue weighted by Gasteiger charge is -2.08. The normalized spacial score (nSPS) is 10.1. The molecular formula is C12H15NO4S. The number of benzene rings is 1. The fraction of sp³-hybridized carbons (Fsp3) is 0.333. The average Bonchev–Trinajstić information content (AvgIpc) is 2.31. The fourth-order valence-corrected chi connectivity index (χ4v) is 1.85. The molecule has 3 N–H and O–H groups in total. The van der Waals surface area contributed by atoms with Gasteiger partial charge in [-0.25, -0.2) is 0 Å². The predicted octanol–water partition coefficient (Wildman–Crippen LogP) is 1.71. The van der Waals surface area contributed by atoms with E-state index in [4.69, 9.17) is 5.11 Å². The van der Waals surface area contributed by atoms with E-state index in [1.165, 1.54) is 6.07 Å². The van der Waals surface area contributed by atoms with Crippen molar-refractivity contribution < 1.29 is 19.8 Å². The van der Waals surface area contributed by atoms with Gasteiger partial charge in [0.1, 0.15) is 5.75 Å². The van der Waals surface area contributed by atoms with Crippen LogP contribution in [0.5, 0.6) is 5.75 Å². The minimum absolute atomic E-state index is 0.00350. The van der Waals surface area contributed by atoms with Gasteiger partial charge in [0.2, 0.25) is 5.91 Å². The van der Waals surface area contributed by atoms with Gasteiger partial charge in [-0.15, -0.1) is 11.8 Å². The van der Waals surface area contributed by atoms with Crippen molar-refractivity contribution in [3.8, 4) is 5.75 Å². The van der Waals surface area contributed by atoms with E-state index in [0.29, 0.717) is 5.69 Å². The van der Waals surface area contributed by atoms with E-state index in [0.717, 1.165) is 23.7 Å². The Morgan fingerprint density at radius 2 is 2.06 bits per heavy atom. The summed E-state index contributed by atoms with van der Waals surface area (Å²) >= 11 is 1.01. The summed E-state index contributed by atoms with van der Waals surface area (Å²) in [6, 6.07) is 5.01. The Morgan fingerprint density at radius 1 is 1.33 bits per heavy atom. The zero-order valence-corrected chi connectivity index (χ0v) is 10.8. The van der Waals surface area contributed by atoms with E-state index in [9.17, 15) is 14.7 Å². The lowest BCUT2D eigenvalue weighted by molar-refractivity contribution is -0.133. The van der Waals surface area contributed by atoms with E-state index >= 15 is 0 Å². The van der Waals surface area contributed by atoms with Gasteiger partial charge >= 0.3 is 5.97 Å². The van der Waals surface area contributed by atoms with Gasteiger partial charge < -0.3 is 15.5 Å². The molecule has 0 atom stereocenters. The Labute approximate surface area is 109 Å². The number of nitrogens with one attached hydrogen (secondary N) is 1. The van der Waals surface area contributed by atoms with Gasteiger partial charge in [-0.3, -0.25) is 9.59 Å². The Bertz CT molecular complexity index is 448. The van der Waals surface area contributed by atoms with Crippen LogP contribution >= 0.6 is 11.8 Å². The molecule has 0 aliphatic carbocycles. The molecule has 0 saturated heterocycles. The number of amides is 1. The van der Waals surface area contributed by atoms with E-state index in [-0.39, 0.29) is 23.2 Å². The lowest BCUT2D eigenvalue weighted by atomic mass is 10.1. The van der Waals surface area contributed by atoms with E-state index in [2.05, 4.69) is 5.32 Å². The zero-order chi connectivity index (χ0) is 13.5. The molecule has 0 fully saturated rings. The van der Waals surface area contributed by atoms with Crippen molar-refractivity contribution in [1.29, 1.82) is 0 Å². The molecule has 1 aromatic carbocycles. The molecule has 0 aliphatic rings. The summed E-state index contributed by atoms with van der Waals surface area (Å²) in [7, 11) is 0. The number of carboxylic acids is 1. The third-order valence-corrected chi connectivity index (χ3v) is 3.12. The number of carbonyl (C=O) groups excluding carboxylic acids is 1. The third kappa shape index (κ3) is 4.67. The van der Waals surface area contributed by atoms with Crippen LogP contribution in [-0.2, 0) is 16.0 Å². The van der Waals surface area contributed by atoms with Crippen molar-refractivity contribution in [2.75, 3.05) is 16.8 Å². The topological polar surface area (TPSA) is 86.6 Å². The van der Waals surface area contributed by atoms with Crippen LogP contribution in [0.15, 0.2) is 18.2 Å². The summed E-state index contributed by atoms with van der Waals surface area (Å²) in [5, 5.41) is 20.6. The average molecular weight is 269 g/mol. The van der Waals surface area contributed by atoms with Crippen LogP contribution in [0.2, 0.25) is 0 Å². The Morgan fingerprint density at radius 3 is 2.67 bits per heavy atom. The second-order valence-electron chi connectivity index (χ2n) is 3.64. The summed E-state index contributed by atoms with van der Waals surface area (Å²) in [4.78, 5) is 21.8. The van der Waals surface area contributed by atoms with Crippen LogP contribution in [0.4, 0.5) is 5.69 Å². The molecule has 0 spiro atoms. The van der Waals surface area contributed by atoms with Crippen LogP contribution < -0.4 is 5.32 Å². The molecular weight excluding hydrogens is 254 g/mol. The van der Waals surface area contributed by atoms with Crippen LogP contribution in [0.3, 0.4) is 0 Å². The molecule has 0 bridgehead atoms. The fourth-order valence-electron chi connectivity index (χ4n) is 1.32. The SMILES string of the molecule is CCc1ccc(O)c(NC(=O)CSCC(=O)O)c1. The molecule has 6 heteroatoms. The molecule has 0 aliphatic heterocycles. The molecule has 1 amide bonds. The molecule has 1 aromatic rings. The van der Waals surface area contributed by atoms with Crippen molar-refractivity contribution in [3.05, 3.63) is 23.8 Å². The number of carbonyl (C=O) groups is 2. The lowest BCUT2D eigenvalue weighted by Crippen LogP contribution is -2.15. The van der Waals surface area contributed by atoms with Crippen LogP contribution in [0.1, 0.15) is 12.5 Å². The first-order valence-electron chi connectivity index (χ1n) is 5.44. The summed E-state index contributed by atoms with van der Waals surface area (Å²) in [5.74, 6) is -1.35. The molecule has 0 aromatic heterocycles. The highest BCUT2D eigenvalue weighted by atomic mass is 32.2. The van der Waals surface area contributed by atoms with Gasteiger partial charge in [0, 0.05) is 0 Å². The number of phenolic OH excluding ortho intramolecular Hbond substituents is 1. The third-order valence-electron chi connectivity index (χ3n) is 2.20. The Balaban J connectivity index is 2.55. The first kappa shape index (κ1) is 14.4. The second-order valence-corrected chi connectivity index (χ2v) is 4.63. The first-order chi connectivity index (χ1) is 8.52. The number of aromatic hydroxyl groups is 1. The first-order valence-corrected chi connectivity index (χ1v) is 6.59. The standard InChI is InChI=1S/C12H15NO4S/c1-2-8-3-4-10(14)9(5-8)13-11(15)6-18-7-12(16)17/h3-5,14H,2,6-7H2,1H3,(H,13,15)(H,16,17). The van der Waals surface area contributed by atoms with Crippen molar-refractivity contribution in [2.24, 2.45) is 0 Å². The number of aliphatic carboxylic acids is 1. The van der Waals surface area contributed by atoms with E-state index in [1.807, 2.05) is 6.92 Å². The highest BCUT2D eigenvalue weighted by Gasteiger charge is 2.08. The predicted molar refractivity (Wildman–Crippen MR) is 71.1 cm³/mol. The zero-order valence-electron chi connectivity index (χ0n) is 9.97. The highest BCUT2D eigenvalue weighted by Crippen LogP contribution is 2.24. The van der Waals surface area contributed by atoms with Crippen molar-refractivity contribution in [2.45, 2.75) is 13.3 Å². The van der Waals surface area contributed by atoms with Gasteiger partial charge in [-0.2, -0.15) is 0 Å². The number of thioether (sulfide) groups is 1. The molecule has 0 heterocycles. The maximum atomic E-state index is 11.5. The number of anilines is 1. The summed E-state index contributed by atoms with van der Waals surface area (Å²) in [6.07, 6.45) is 0.802. The van der Waals surface area contributed by atoms with Crippen LogP contribution in [0, 0.1) is 0 Å². The smallest absolute Gasteiger partial charge is 0.313 e. The number of aryl methyl sites for hydroxylation is 1. The number of carboxylic acid groups (broad SMARTS) is 1. The Kier molecular flexibility index (Phi) is 5.51. The number of rotatable bonds is 6. The molecule has 0 unspecified atom stereocenters. The maximum absolute atomic E-state index is 11.5. The summed E-state index contributed by atoms with van der Waals surface area (Å²) in [5.41, 5.74) is 1.36. The van der Waals surface area contributed by atoms with Gasteiger partial charge in [0.25, 0.3) is 0 Å². The van der Waals surface area contributed by atoms with Crippen molar-refractivity contribution in [1.82, 2.24) is 0 Å². The van der Waals surface area contributed by atoms with Crippen molar-refractivity contribution in [3.63, 3.8) is 0 Å². The van der Waals surface area contributed by atoms with Gasteiger partial charge in [-0.1, -0.05) is 13.0 Å². The molecule has 5 nitrogen and oxygen atoms in total. The van der Waals surface area contributed by atoms with Crippen LogP contribution in [0.25, 0.3) is 0 Å². The summed E-state index contributed by atoms with van der Waals surface area (Å²) in [6.45, 7) is 1.97. The summed E-state index contributed by atoms with van der Waals surface area (Å²) < 4.78 is 0. The highest BCUT2D eigenvalue weighted by molar-refractivity contribution is 8.00. The number of phenols is 1. The molecule has 18 heavy (non-hydrogen) atoms. The van der Waals surface area contributed by atoms with Gasteiger partial charge in [0.15, 0.2) is 0 Å². The quantitative estimate of drug-likeness (QED) is 0.684. The number of hydrogen-bond acceptors (Lipinski definition) is 4. The minimum Gasteiger partial charge on any atom is -0.506 e. The molecule has 98 valence electrons. The van der Waals surface area contributed by atoms with Gasteiger partial charge in [-0.05, 0) is 24.1 Å². The monoisotopic (exact) mass is 269 g/mol. The minimum atomic E-state index is -0.955. The molecule has 0 saturated carbocycles. The maximum Gasteiger partial charge on any atom is 0.313 e. The van der Waals surface area contributed by atoms with Crippen LogP contribution in [-0.4, -0.2) is 33.6 Å². The second kappa shape index (κ2) is 6.90.